The van der Waals surface area contributed by atoms with Crippen molar-refractivity contribution in [3.8, 4) is 0 Å². The Kier molecular flexibility index (Phi) is 7.02. The van der Waals surface area contributed by atoms with Crippen LogP contribution >= 0.6 is 0 Å². The van der Waals surface area contributed by atoms with Crippen molar-refractivity contribution in [2.75, 3.05) is 24.2 Å². The molecule has 1 aliphatic heterocycles. The Balaban J connectivity index is 1.82. The zero-order valence-electron chi connectivity index (χ0n) is 15.0. The highest BCUT2D eigenvalue weighted by Gasteiger charge is 2.23. The number of carbonyl (C=O) groups is 2. The molecule has 0 spiro atoms. The molecule has 1 fully saturated rings. The second kappa shape index (κ2) is 9.02. The second-order valence-corrected chi connectivity index (χ2v) is 9.02. The van der Waals surface area contributed by atoms with Crippen molar-refractivity contribution in [1.82, 2.24) is 4.90 Å². The van der Waals surface area contributed by atoms with Crippen LogP contribution in [0.5, 0.6) is 0 Å². The maximum atomic E-state index is 12.3. The number of carboxylic acid groups (broad SMARTS) is 1. The van der Waals surface area contributed by atoms with Gasteiger partial charge >= 0.3 is 12.0 Å². The predicted molar refractivity (Wildman–Crippen MR) is 99.8 cm³/mol. The molecule has 2 amide bonds. The van der Waals surface area contributed by atoms with E-state index in [1.54, 1.807) is 36.1 Å². The van der Waals surface area contributed by atoms with Gasteiger partial charge in [0.15, 0.2) is 9.84 Å². The zero-order valence-corrected chi connectivity index (χ0v) is 15.8. The summed E-state index contributed by atoms with van der Waals surface area (Å²) in [5.74, 6) is -0.314. The minimum atomic E-state index is -3.07. The summed E-state index contributed by atoms with van der Waals surface area (Å²) < 4.78 is 23.3. The van der Waals surface area contributed by atoms with Crippen LogP contribution in [0, 0.1) is 5.92 Å². The van der Waals surface area contributed by atoms with E-state index in [9.17, 15) is 18.0 Å². The standard InChI is InChI=1S/C18H26N2O5S/c1-2-26(24,25)13-15-3-6-16(7-4-15)19-18(23)20-11-9-14(10-12-20)5-8-17(21)22/h3-4,6-7,14H,2,5,8-13H2,1H3,(H,19,23)(H,21,22). The van der Waals surface area contributed by atoms with Gasteiger partial charge in [0.25, 0.3) is 0 Å². The Morgan fingerprint density at radius 1 is 1.19 bits per heavy atom. The number of aliphatic carboxylic acids is 1. The molecule has 1 aliphatic rings. The normalized spacial score (nSPS) is 15.7. The van der Waals surface area contributed by atoms with Crippen molar-refractivity contribution in [3.63, 3.8) is 0 Å². The molecule has 0 saturated carbocycles. The number of carboxylic acids is 1. The Hall–Kier alpha value is -2.09. The molecule has 1 heterocycles. The van der Waals surface area contributed by atoms with Crippen LogP contribution in [0.25, 0.3) is 0 Å². The maximum absolute atomic E-state index is 12.3. The van der Waals surface area contributed by atoms with E-state index in [1.807, 2.05) is 0 Å². The number of amides is 2. The Morgan fingerprint density at radius 3 is 2.35 bits per heavy atom. The number of rotatable bonds is 7. The van der Waals surface area contributed by atoms with Crippen LogP contribution in [0.1, 0.15) is 38.2 Å². The van der Waals surface area contributed by atoms with Gasteiger partial charge < -0.3 is 15.3 Å². The Labute approximate surface area is 154 Å². The minimum Gasteiger partial charge on any atom is -0.481 e. The van der Waals surface area contributed by atoms with Crippen LogP contribution in [-0.4, -0.2) is 49.3 Å². The number of benzene rings is 1. The van der Waals surface area contributed by atoms with Crippen molar-refractivity contribution >= 4 is 27.5 Å². The number of anilines is 1. The van der Waals surface area contributed by atoms with Gasteiger partial charge in [-0.1, -0.05) is 19.1 Å². The number of likely N-dealkylation sites (tertiary alicyclic amines) is 1. The van der Waals surface area contributed by atoms with Crippen LogP contribution in [0.3, 0.4) is 0 Å². The van der Waals surface area contributed by atoms with Gasteiger partial charge in [-0.25, -0.2) is 13.2 Å². The fourth-order valence-electron chi connectivity index (χ4n) is 3.00. The van der Waals surface area contributed by atoms with E-state index < -0.39 is 15.8 Å². The summed E-state index contributed by atoms with van der Waals surface area (Å²) in [6.45, 7) is 2.85. The molecule has 0 atom stereocenters. The largest absolute Gasteiger partial charge is 0.481 e. The summed E-state index contributed by atoms with van der Waals surface area (Å²) in [5, 5.41) is 11.6. The van der Waals surface area contributed by atoms with Gasteiger partial charge in [0.1, 0.15) is 0 Å². The maximum Gasteiger partial charge on any atom is 0.321 e. The molecular weight excluding hydrogens is 356 g/mol. The summed E-state index contributed by atoms with van der Waals surface area (Å²) in [4.78, 5) is 24.7. The van der Waals surface area contributed by atoms with E-state index in [4.69, 9.17) is 5.11 Å². The lowest BCUT2D eigenvalue weighted by molar-refractivity contribution is -0.137. The van der Waals surface area contributed by atoms with Crippen LogP contribution in [0.2, 0.25) is 0 Å². The van der Waals surface area contributed by atoms with Crippen molar-refractivity contribution in [2.45, 2.75) is 38.4 Å². The van der Waals surface area contributed by atoms with Crippen LogP contribution < -0.4 is 5.32 Å². The molecule has 7 nitrogen and oxygen atoms in total. The second-order valence-electron chi connectivity index (χ2n) is 6.67. The van der Waals surface area contributed by atoms with E-state index >= 15 is 0 Å². The molecule has 0 bridgehead atoms. The summed E-state index contributed by atoms with van der Waals surface area (Å²) in [6.07, 6.45) is 2.47. The Bertz CT molecular complexity index is 722. The first kappa shape index (κ1) is 20.2. The Morgan fingerprint density at radius 2 is 1.81 bits per heavy atom. The highest BCUT2D eigenvalue weighted by atomic mass is 32.2. The van der Waals surface area contributed by atoms with E-state index in [0.717, 1.165) is 12.8 Å². The third kappa shape index (κ3) is 6.33. The van der Waals surface area contributed by atoms with Crippen LogP contribution in [0.15, 0.2) is 24.3 Å². The molecule has 0 aromatic heterocycles. The van der Waals surface area contributed by atoms with Gasteiger partial charge in [-0.3, -0.25) is 4.79 Å². The van der Waals surface area contributed by atoms with Gasteiger partial charge in [0, 0.05) is 31.0 Å². The number of nitrogens with one attached hydrogen (secondary N) is 1. The molecule has 144 valence electrons. The van der Waals surface area contributed by atoms with Crippen molar-refractivity contribution in [1.29, 1.82) is 0 Å². The van der Waals surface area contributed by atoms with Crippen molar-refractivity contribution in [3.05, 3.63) is 29.8 Å². The van der Waals surface area contributed by atoms with E-state index in [0.29, 0.717) is 36.7 Å². The quantitative estimate of drug-likeness (QED) is 0.755. The number of hydrogen-bond acceptors (Lipinski definition) is 4. The smallest absolute Gasteiger partial charge is 0.321 e. The average Bonchev–Trinajstić information content (AvgIpc) is 2.62. The number of sulfone groups is 1. The molecule has 26 heavy (non-hydrogen) atoms. The monoisotopic (exact) mass is 382 g/mol. The summed E-state index contributed by atoms with van der Waals surface area (Å²) in [5.41, 5.74) is 1.32. The molecule has 1 aromatic rings. The first-order valence-electron chi connectivity index (χ1n) is 8.86. The highest BCUT2D eigenvalue weighted by molar-refractivity contribution is 7.90. The molecule has 0 unspecified atom stereocenters. The third-order valence-electron chi connectivity index (χ3n) is 4.70. The fourth-order valence-corrected chi connectivity index (χ4v) is 3.90. The zero-order chi connectivity index (χ0) is 19.2. The number of nitrogens with zero attached hydrogens (tertiary/aromatic N) is 1. The van der Waals surface area contributed by atoms with Crippen molar-refractivity contribution < 1.29 is 23.1 Å². The van der Waals surface area contributed by atoms with Crippen LogP contribution in [-0.2, 0) is 20.4 Å². The molecule has 0 radical (unpaired) electrons. The first-order valence-corrected chi connectivity index (χ1v) is 10.7. The minimum absolute atomic E-state index is 0.00157. The van der Waals surface area contributed by atoms with Gasteiger partial charge in [-0.2, -0.15) is 0 Å². The van der Waals surface area contributed by atoms with Gasteiger partial charge in [0.2, 0.25) is 0 Å². The van der Waals surface area contributed by atoms with Crippen molar-refractivity contribution in [2.24, 2.45) is 5.92 Å². The molecule has 8 heteroatoms. The molecule has 2 N–H and O–H groups in total. The number of piperidine rings is 1. The summed E-state index contributed by atoms with van der Waals surface area (Å²) in [6, 6.07) is 6.65. The lowest BCUT2D eigenvalue weighted by atomic mass is 9.92. The average molecular weight is 382 g/mol. The van der Waals surface area contributed by atoms with E-state index in [-0.39, 0.29) is 24.0 Å². The molecule has 1 saturated heterocycles. The highest BCUT2D eigenvalue weighted by Crippen LogP contribution is 2.22. The molecule has 2 rings (SSSR count). The number of carbonyl (C=O) groups excluding carboxylic acids is 1. The lowest BCUT2D eigenvalue weighted by Gasteiger charge is -2.31. The molecule has 1 aromatic carbocycles. The summed E-state index contributed by atoms with van der Waals surface area (Å²) in [7, 11) is -3.07. The number of hydrogen-bond donors (Lipinski definition) is 2. The summed E-state index contributed by atoms with van der Waals surface area (Å²) >= 11 is 0. The van der Waals surface area contributed by atoms with Gasteiger partial charge in [0.05, 0.1) is 5.75 Å². The van der Waals surface area contributed by atoms with Gasteiger partial charge in [-0.05, 0) is 42.9 Å². The topological polar surface area (TPSA) is 104 Å². The first-order chi connectivity index (χ1) is 12.3. The molecular formula is C18H26N2O5S. The lowest BCUT2D eigenvalue weighted by Crippen LogP contribution is -2.41. The number of urea groups is 1. The van der Waals surface area contributed by atoms with Gasteiger partial charge in [-0.15, -0.1) is 0 Å². The van der Waals surface area contributed by atoms with E-state index in [1.165, 1.54) is 0 Å². The van der Waals surface area contributed by atoms with Crippen LogP contribution in [0.4, 0.5) is 10.5 Å². The third-order valence-corrected chi connectivity index (χ3v) is 6.35. The fraction of sp³-hybridized carbons (Fsp3) is 0.556. The predicted octanol–water partition coefficient (Wildman–Crippen LogP) is 2.73. The molecule has 0 aliphatic carbocycles. The SMILES string of the molecule is CCS(=O)(=O)Cc1ccc(NC(=O)N2CCC(CCC(=O)O)CC2)cc1. The van der Waals surface area contributed by atoms with E-state index in [2.05, 4.69) is 5.32 Å².